The maximum atomic E-state index is 13.1. The zero-order chi connectivity index (χ0) is 19.5. The lowest BCUT2D eigenvalue weighted by Gasteiger charge is -2.23. The van der Waals surface area contributed by atoms with Crippen LogP contribution in [0.3, 0.4) is 0 Å². The Morgan fingerprint density at radius 3 is 2.75 bits per heavy atom. The van der Waals surface area contributed by atoms with Gasteiger partial charge in [-0.3, -0.25) is 9.59 Å². The van der Waals surface area contributed by atoms with E-state index >= 15 is 0 Å². The summed E-state index contributed by atoms with van der Waals surface area (Å²) in [6, 6.07) is 16.6. The van der Waals surface area contributed by atoms with Gasteiger partial charge < -0.3 is 10.2 Å². The normalized spacial score (nSPS) is 16.1. The molecule has 1 aromatic heterocycles. The summed E-state index contributed by atoms with van der Waals surface area (Å²) >= 11 is 1.65. The third-order valence-electron chi connectivity index (χ3n) is 4.76. The summed E-state index contributed by atoms with van der Waals surface area (Å²) in [5.41, 5.74) is 2.12. The molecule has 0 unspecified atom stereocenters. The molecule has 1 N–H and O–H groups in total. The summed E-state index contributed by atoms with van der Waals surface area (Å²) in [5, 5.41) is 12.2. The first-order valence-electron chi connectivity index (χ1n) is 9.09. The molecule has 2 heterocycles. The van der Waals surface area contributed by atoms with E-state index in [2.05, 4.69) is 11.4 Å². The van der Waals surface area contributed by atoms with Gasteiger partial charge in [-0.25, -0.2) is 4.98 Å². The van der Waals surface area contributed by atoms with E-state index in [1.54, 1.807) is 41.7 Å². The van der Waals surface area contributed by atoms with Crippen molar-refractivity contribution in [3.63, 3.8) is 0 Å². The summed E-state index contributed by atoms with van der Waals surface area (Å²) in [6.45, 7) is 0.708. The molecule has 1 atom stereocenters. The van der Waals surface area contributed by atoms with Crippen LogP contribution < -0.4 is 5.32 Å². The third-order valence-corrected chi connectivity index (χ3v) is 5.90. The highest BCUT2D eigenvalue weighted by molar-refractivity contribution is 7.18. The number of thiazole rings is 1. The van der Waals surface area contributed by atoms with Gasteiger partial charge in [0.05, 0.1) is 22.3 Å². The second-order valence-electron chi connectivity index (χ2n) is 6.64. The van der Waals surface area contributed by atoms with Crippen molar-refractivity contribution in [2.24, 2.45) is 0 Å². The Labute approximate surface area is 166 Å². The number of nitrogens with one attached hydrogen (secondary N) is 1. The zero-order valence-corrected chi connectivity index (χ0v) is 15.9. The Morgan fingerprint density at radius 2 is 2.00 bits per heavy atom. The van der Waals surface area contributed by atoms with E-state index in [9.17, 15) is 9.59 Å². The number of carbonyl (C=O) groups is 2. The van der Waals surface area contributed by atoms with Gasteiger partial charge in [-0.05, 0) is 49.2 Å². The number of hydrogen-bond donors (Lipinski definition) is 1. The van der Waals surface area contributed by atoms with Crippen molar-refractivity contribution < 1.29 is 9.59 Å². The number of para-hydroxylation sites is 1. The van der Waals surface area contributed by atoms with E-state index in [1.807, 2.05) is 23.1 Å². The maximum absolute atomic E-state index is 13.1. The Balaban J connectivity index is 1.52. The number of hydrogen-bond acceptors (Lipinski definition) is 5. The van der Waals surface area contributed by atoms with Crippen molar-refractivity contribution in [3.8, 4) is 6.07 Å². The second kappa shape index (κ2) is 7.79. The van der Waals surface area contributed by atoms with E-state index in [0.717, 1.165) is 28.1 Å². The van der Waals surface area contributed by atoms with Crippen LogP contribution in [0.25, 0.3) is 10.2 Å². The molecule has 0 bridgehead atoms. The predicted molar refractivity (Wildman–Crippen MR) is 108 cm³/mol. The van der Waals surface area contributed by atoms with Crippen molar-refractivity contribution in [2.45, 2.75) is 25.3 Å². The van der Waals surface area contributed by atoms with Gasteiger partial charge in [-0.2, -0.15) is 5.26 Å². The average Bonchev–Trinajstić information content (AvgIpc) is 3.35. The number of fused-ring (bicyclic) bond motifs is 1. The molecule has 28 heavy (non-hydrogen) atoms. The highest BCUT2D eigenvalue weighted by Gasteiger charge is 2.32. The molecule has 1 fully saturated rings. The van der Waals surface area contributed by atoms with Crippen LogP contribution in [0.15, 0.2) is 48.5 Å². The van der Waals surface area contributed by atoms with E-state index < -0.39 is 0 Å². The summed E-state index contributed by atoms with van der Waals surface area (Å²) in [4.78, 5) is 31.2. The number of anilines is 1. The minimum Gasteiger partial charge on any atom is -0.329 e. The van der Waals surface area contributed by atoms with Gasteiger partial charge in [0.15, 0.2) is 0 Å². The molecule has 0 aliphatic carbocycles. The fourth-order valence-electron chi connectivity index (χ4n) is 3.44. The Bertz CT molecular complexity index is 1030. The Morgan fingerprint density at radius 1 is 1.21 bits per heavy atom. The number of aromatic nitrogens is 1. The number of benzene rings is 2. The molecule has 3 aromatic rings. The van der Waals surface area contributed by atoms with Crippen molar-refractivity contribution in [1.82, 2.24) is 9.88 Å². The minimum atomic E-state index is -0.364. The topological polar surface area (TPSA) is 86.1 Å². The summed E-state index contributed by atoms with van der Waals surface area (Å²) in [7, 11) is 0. The number of nitrogens with zero attached hydrogens (tertiary/aromatic N) is 3. The quantitative estimate of drug-likeness (QED) is 0.726. The van der Waals surface area contributed by atoms with Crippen LogP contribution in [0.1, 0.15) is 40.7 Å². The molecule has 0 spiro atoms. The van der Waals surface area contributed by atoms with Crippen LogP contribution >= 0.6 is 11.3 Å². The van der Waals surface area contributed by atoms with E-state index in [4.69, 9.17) is 10.2 Å². The maximum Gasteiger partial charge on any atom is 0.254 e. The first-order valence-corrected chi connectivity index (χ1v) is 9.90. The number of carbonyl (C=O) groups excluding carboxylic acids is 2. The summed E-state index contributed by atoms with van der Waals surface area (Å²) in [5.74, 6) is -0.395. The van der Waals surface area contributed by atoms with Crippen LogP contribution in [0, 0.1) is 11.3 Å². The number of likely N-dealkylation sites (tertiary alicyclic amines) is 1. The number of amides is 2. The van der Waals surface area contributed by atoms with Crippen LogP contribution in [0.2, 0.25) is 0 Å². The molecule has 0 saturated carbocycles. The predicted octanol–water partition coefficient (Wildman–Crippen LogP) is 4.13. The molecule has 2 amide bonds. The SMILES string of the molecule is N#CCC(=O)Nc1ccc(C(=O)N2CCC[C@@H]2c2nc3ccccc3s2)cc1. The van der Waals surface area contributed by atoms with E-state index in [1.165, 1.54) is 0 Å². The van der Waals surface area contributed by atoms with Gasteiger partial charge >= 0.3 is 0 Å². The van der Waals surface area contributed by atoms with Gasteiger partial charge in [0.25, 0.3) is 5.91 Å². The average molecular weight is 390 g/mol. The monoisotopic (exact) mass is 390 g/mol. The van der Waals surface area contributed by atoms with Gasteiger partial charge in [0.2, 0.25) is 5.91 Å². The summed E-state index contributed by atoms with van der Waals surface area (Å²) < 4.78 is 1.13. The van der Waals surface area contributed by atoms with Crippen molar-refractivity contribution in [1.29, 1.82) is 5.26 Å². The van der Waals surface area contributed by atoms with E-state index in [-0.39, 0.29) is 24.3 Å². The van der Waals surface area contributed by atoms with Gasteiger partial charge in [0.1, 0.15) is 11.4 Å². The van der Waals surface area contributed by atoms with Crippen molar-refractivity contribution >= 4 is 39.1 Å². The fourth-order valence-corrected chi connectivity index (χ4v) is 4.55. The lowest BCUT2D eigenvalue weighted by molar-refractivity contribution is -0.115. The van der Waals surface area contributed by atoms with Crippen molar-refractivity contribution in [2.75, 3.05) is 11.9 Å². The highest BCUT2D eigenvalue weighted by Crippen LogP contribution is 2.37. The van der Waals surface area contributed by atoms with Crippen LogP contribution in [0.4, 0.5) is 5.69 Å². The molecule has 1 saturated heterocycles. The first-order chi connectivity index (χ1) is 13.7. The van der Waals surface area contributed by atoms with E-state index in [0.29, 0.717) is 17.8 Å². The second-order valence-corrected chi connectivity index (χ2v) is 7.70. The lowest BCUT2D eigenvalue weighted by atomic mass is 10.1. The third kappa shape index (κ3) is 3.59. The molecule has 2 aromatic carbocycles. The Hall–Kier alpha value is -3.24. The van der Waals surface area contributed by atoms with Crippen molar-refractivity contribution in [3.05, 3.63) is 59.1 Å². The molecule has 0 radical (unpaired) electrons. The van der Waals surface area contributed by atoms with Gasteiger partial charge in [-0.15, -0.1) is 11.3 Å². The molecule has 6 nitrogen and oxygen atoms in total. The molecular formula is C21H18N4O2S. The number of rotatable bonds is 4. The molecule has 7 heteroatoms. The summed E-state index contributed by atoms with van der Waals surface area (Å²) in [6.07, 6.45) is 1.67. The largest absolute Gasteiger partial charge is 0.329 e. The lowest BCUT2D eigenvalue weighted by Crippen LogP contribution is -2.30. The van der Waals surface area contributed by atoms with Gasteiger partial charge in [-0.1, -0.05) is 12.1 Å². The number of nitriles is 1. The van der Waals surface area contributed by atoms with Crippen LogP contribution in [0.5, 0.6) is 0 Å². The zero-order valence-electron chi connectivity index (χ0n) is 15.1. The fraction of sp³-hybridized carbons (Fsp3) is 0.238. The minimum absolute atomic E-state index is 0.0000853. The molecule has 1 aliphatic heterocycles. The molecule has 4 rings (SSSR count). The molecule has 1 aliphatic rings. The highest BCUT2D eigenvalue weighted by atomic mass is 32.1. The smallest absolute Gasteiger partial charge is 0.254 e. The van der Waals surface area contributed by atoms with Crippen LogP contribution in [-0.4, -0.2) is 28.2 Å². The first kappa shape index (κ1) is 18.1. The standard InChI is InChI=1S/C21H18N4O2S/c22-12-11-19(26)23-15-9-7-14(8-10-15)21(27)25-13-3-5-17(25)20-24-16-4-1-2-6-18(16)28-20/h1-2,4,6-10,17H,3,5,11,13H2,(H,23,26)/t17-/m1/s1. The van der Waals surface area contributed by atoms with Gasteiger partial charge in [0, 0.05) is 17.8 Å². The molecule has 140 valence electrons. The Kier molecular flexibility index (Phi) is 5.04. The molecular weight excluding hydrogens is 372 g/mol. The van der Waals surface area contributed by atoms with Crippen LogP contribution in [-0.2, 0) is 4.79 Å².